The summed E-state index contributed by atoms with van der Waals surface area (Å²) in [5.74, 6) is 1.38. The summed E-state index contributed by atoms with van der Waals surface area (Å²) < 4.78 is 7.42. The van der Waals surface area contributed by atoms with Crippen molar-refractivity contribution >= 4 is 16.8 Å². The van der Waals surface area contributed by atoms with E-state index in [4.69, 9.17) is 9.72 Å². The Balaban J connectivity index is 1.42. The molecule has 1 aliphatic rings. The number of H-pyrrole nitrogens is 1. The lowest BCUT2D eigenvalue weighted by atomic mass is 9.95. The first-order chi connectivity index (χ1) is 16.9. The number of likely N-dealkylation sites (tertiary alicyclic amines) is 1. The zero-order valence-electron chi connectivity index (χ0n) is 20.6. The van der Waals surface area contributed by atoms with E-state index < -0.39 is 0 Å². The van der Waals surface area contributed by atoms with Gasteiger partial charge in [0.1, 0.15) is 5.82 Å². The Morgan fingerprint density at radius 1 is 1.29 bits per heavy atom. The highest BCUT2D eigenvalue weighted by atomic mass is 16.5. The maximum Gasteiger partial charge on any atom is 0.223 e. The average Bonchev–Trinajstić information content (AvgIpc) is 3.51. The van der Waals surface area contributed by atoms with Crippen molar-refractivity contribution in [3.05, 3.63) is 60.3 Å². The Bertz CT molecular complexity index is 1340. The smallest absolute Gasteiger partial charge is 0.223 e. The number of benzene rings is 1. The number of nitrogens with one attached hydrogen (secondary N) is 1. The van der Waals surface area contributed by atoms with E-state index in [9.17, 15) is 4.79 Å². The molecule has 1 saturated heterocycles. The number of piperidine rings is 1. The van der Waals surface area contributed by atoms with Gasteiger partial charge in [-0.15, -0.1) is 0 Å². The Morgan fingerprint density at radius 3 is 2.86 bits per heavy atom. The van der Waals surface area contributed by atoms with E-state index in [1.807, 2.05) is 59.4 Å². The molecular formula is C26H31N7O2. The number of aromatic nitrogens is 5. The van der Waals surface area contributed by atoms with E-state index in [1.165, 1.54) is 0 Å². The molecule has 2 atom stereocenters. The van der Waals surface area contributed by atoms with Crippen LogP contribution in [-0.4, -0.2) is 67.2 Å². The number of rotatable bonds is 6. The Morgan fingerprint density at radius 2 is 2.11 bits per heavy atom. The lowest BCUT2D eigenvalue weighted by molar-refractivity contribution is -0.133. The van der Waals surface area contributed by atoms with Crippen LogP contribution in [0.25, 0.3) is 22.2 Å². The minimum Gasteiger partial charge on any atom is -0.480 e. The second-order valence-electron chi connectivity index (χ2n) is 9.22. The number of fused-ring (bicyclic) bond motifs is 1. The van der Waals surface area contributed by atoms with E-state index in [2.05, 4.69) is 33.1 Å². The molecule has 35 heavy (non-hydrogen) atoms. The van der Waals surface area contributed by atoms with Crippen LogP contribution in [-0.2, 0) is 18.4 Å². The summed E-state index contributed by atoms with van der Waals surface area (Å²) in [6.07, 6.45) is 5.48. The minimum absolute atomic E-state index is 0.0590. The molecule has 0 bridgehead atoms. The number of hydrogen-bond acceptors (Lipinski definition) is 6. The number of carbonyl (C=O) groups excluding carboxylic acids is 1. The van der Waals surface area contributed by atoms with Gasteiger partial charge in [0.05, 0.1) is 41.8 Å². The van der Waals surface area contributed by atoms with Crippen LogP contribution in [0.4, 0.5) is 0 Å². The number of nitrogens with zero attached hydrogens (tertiary/aromatic N) is 6. The highest BCUT2D eigenvalue weighted by Crippen LogP contribution is 2.35. The molecule has 0 saturated carbocycles. The zero-order valence-corrected chi connectivity index (χ0v) is 20.6. The fourth-order valence-corrected chi connectivity index (χ4v) is 5.01. The number of amides is 1. The van der Waals surface area contributed by atoms with Crippen molar-refractivity contribution in [3.63, 3.8) is 0 Å². The molecule has 0 unspecified atom stereocenters. The topological polar surface area (TPSA) is 92.2 Å². The number of carbonyl (C=O) groups is 1. The van der Waals surface area contributed by atoms with Gasteiger partial charge in [0, 0.05) is 44.7 Å². The molecule has 1 amide bonds. The minimum atomic E-state index is -0.134. The first kappa shape index (κ1) is 23.0. The van der Waals surface area contributed by atoms with E-state index in [0.717, 1.165) is 53.1 Å². The molecule has 9 nitrogen and oxygen atoms in total. The Hall–Kier alpha value is -3.72. The fraction of sp³-hybridized carbons (Fsp3) is 0.385. The summed E-state index contributed by atoms with van der Waals surface area (Å²) in [6, 6.07) is 12.2. The van der Waals surface area contributed by atoms with Crippen LogP contribution in [0.5, 0.6) is 5.88 Å². The standard InChI is InChI=1S/C26H31N7O2/c1-17(34)33-12-10-20(31(2)16-19-9-11-32(3)30-19)14-24(33)25-27-15-23(28-25)21-13-18-7-5-6-8-22(18)29-26(21)35-4/h5-9,11,13,15,20,24H,10,12,14,16H2,1-4H3,(H,27,28)/t20-,24+/m1/s1. The second kappa shape index (κ2) is 9.50. The van der Waals surface area contributed by atoms with Crippen LogP contribution < -0.4 is 4.74 Å². The van der Waals surface area contributed by atoms with Crippen molar-refractivity contribution < 1.29 is 9.53 Å². The van der Waals surface area contributed by atoms with Gasteiger partial charge in [0.15, 0.2) is 0 Å². The predicted molar refractivity (Wildman–Crippen MR) is 134 cm³/mol. The molecule has 1 fully saturated rings. The molecule has 9 heteroatoms. The molecule has 1 aromatic carbocycles. The average molecular weight is 474 g/mol. The molecule has 3 aromatic heterocycles. The summed E-state index contributed by atoms with van der Waals surface area (Å²) in [7, 11) is 5.68. The summed E-state index contributed by atoms with van der Waals surface area (Å²) in [5, 5.41) is 5.54. The number of aryl methyl sites for hydroxylation is 1. The summed E-state index contributed by atoms with van der Waals surface area (Å²) in [4.78, 5) is 29.6. The van der Waals surface area contributed by atoms with Gasteiger partial charge in [-0.3, -0.25) is 14.4 Å². The molecule has 1 aliphatic heterocycles. The predicted octanol–water partition coefficient (Wildman–Crippen LogP) is 3.55. The maximum atomic E-state index is 12.5. The third kappa shape index (κ3) is 4.64. The van der Waals surface area contributed by atoms with E-state index in [1.54, 1.807) is 14.0 Å². The van der Waals surface area contributed by atoms with Crippen molar-refractivity contribution in [2.75, 3.05) is 20.7 Å². The molecule has 182 valence electrons. The van der Waals surface area contributed by atoms with Crippen LogP contribution in [0.3, 0.4) is 0 Å². The number of para-hydroxylation sites is 1. The lowest BCUT2D eigenvalue weighted by Crippen LogP contribution is -2.46. The van der Waals surface area contributed by atoms with E-state index >= 15 is 0 Å². The normalized spacial score (nSPS) is 18.4. The number of aromatic amines is 1. The number of methoxy groups -OCH3 is 1. The Kier molecular flexibility index (Phi) is 6.25. The lowest BCUT2D eigenvalue weighted by Gasteiger charge is -2.41. The van der Waals surface area contributed by atoms with Crippen molar-refractivity contribution in [1.82, 2.24) is 34.5 Å². The van der Waals surface area contributed by atoms with Crippen molar-refractivity contribution in [2.24, 2.45) is 7.05 Å². The fourth-order valence-electron chi connectivity index (χ4n) is 5.01. The van der Waals surface area contributed by atoms with Gasteiger partial charge in [0.25, 0.3) is 0 Å². The number of ether oxygens (including phenoxy) is 1. The highest BCUT2D eigenvalue weighted by Gasteiger charge is 2.35. The van der Waals surface area contributed by atoms with Gasteiger partial charge < -0.3 is 14.6 Å². The number of pyridine rings is 1. The largest absolute Gasteiger partial charge is 0.480 e. The van der Waals surface area contributed by atoms with Crippen LogP contribution in [0, 0.1) is 0 Å². The van der Waals surface area contributed by atoms with Gasteiger partial charge in [-0.25, -0.2) is 9.97 Å². The molecule has 1 N–H and O–H groups in total. The molecule has 4 aromatic rings. The third-order valence-corrected chi connectivity index (χ3v) is 6.87. The third-order valence-electron chi connectivity index (χ3n) is 6.87. The van der Waals surface area contributed by atoms with Gasteiger partial charge in [-0.2, -0.15) is 5.10 Å². The monoisotopic (exact) mass is 473 g/mol. The molecule has 0 aliphatic carbocycles. The number of imidazole rings is 1. The summed E-state index contributed by atoms with van der Waals surface area (Å²) in [5.41, 5.74) is 3.58. The van der Waals surface area contributed by atoms with Crippen molar-refractivity contribution in [2.45, 2.75) is 38.4 Å². The molecular weight excluding hydrogens is 442 g/mol. The molecule has 0 spiro atoms. The summed E-state index contributed by atoms with van der Waals surface area (Å²) in [6.45, 7) is 3.08. The second-order valence-corrected chi connectivity index (χ2v) is 9.22. The number of hydrogen-bond donors (Lipinski definition) is 1. The Labute approximate surface area is 204 Å². The molecule has 0 radical (unpaired) electrons. The SMILES string of the molecule is COc1nc2ccccc2cc1-c1cnc([C@@H]2C[C@H](N(C)Cc3ccn(C)n3)CCN2C(C)=O)[nH]1. The van der Waals surface area contributed by atoms with Gasteiger partial charge >= 0.3 is 0 Å². The zero-order chi connectivity index (χ0) is 24.5. The van der Waals surface area contributed by atoms with Crippen LogP contribution in [0.15, 0.2) is 48.8 Å². The highest BCUT2D eigenvalue weighted by molar-refractivity contribution is 5.85. The maximum absolute atomic E-state index is 12.5. The quantitative estimate of drug-likeness (QED) is 0.460. The van der Waals surface area contributed by atoms with Crippen LogP contribution >= 0.6 is 0 Å². The van der Waals surface area contributed by atoms with Gasteiger partial charge in [0.2, 0.25) is 11.8 Å². The van der Waals surface area contributed by atoms with E-state index in [0.29, 0.717) is 18.5 Å². The van der Waals surface area contributed by atoms with Crippen LogP contribution in [0.1, 0.15) is 37.3 Å². The van der Waals surface area contributed by atoms with Gasteiger partial charge in [-0.1, -0.05) is 18.2 Å². The van der Waals surface area contributed by atoms with Gasteiger partial charge in [-0.05, 0) is 38.1 Å². The molecule has 5 rings (SSSR count). The van der Waals surface area contributed by atoms with Crippen molar-refractivity contribution in [1.29, 1.82) is 0 Å². The van der Waals surface area contributed by atoms with E-state index in [-0.39, 0.29) is 11.9 Å². The summed E-state index contributed by atoms with van der Waals surface area (Å²) >= 11 is 0. The van der Waals surface area contributed by atoms with Crippen LogP contribution in [0.2, 0.25) is 0 Å². The van der Waals surface area contributed by atoms with Crippen molar-refractivity contribution in [3.8, 4) is 17.1 Å². The first-order valence-corrected chi connectivity index (χ1v) is 11.9. The molecule has 4 heterocycles. The first-order valence-electron chi connectivity index (χ1n) is 11.9.